The van der Waals surface area contributed by atoms with Crippen LogP contribution in [0.5, 0.6) is 0 Å². The highest BCUT2D eigenvalue weighted by Gasteiger charge is 2.17. The first kappa shape index (κ1) is 18.6. The normalized spacial score (nSPS) is 12.9. The molecule has 0 aliphatic rings. The van der Waals surface area contributed by atoms with Gasteiger partial charge in [-0.25, -0.2) is 4.98 Å². The van der Waals surface area contributed by atoms with Crippen molar-refractivity contribution in [2.45, 2.75) is 53.5 Å². The molecule has 0 N–H and O–H groups in total. The number of methoxy groups -OCH3 is 1. The fraction of sp³-hybridized carbons (Fsp3) is 0.455. The molecule has 3 rings (SSSR count). The molecule has 0 aromatic carbocycles. The fourth-order valence-corrected chi connectivity index (χ4v) is 3.54. The predicted octanol–water partition coefficient (Wildman–Crippen LogP) is 5.35. The minimum absolute atomic E-state index is 0.275. The molecule has 0 saturated carbocycles. The summed E-state index contributed by atoms with van der Waals surface area (Å²) >= 11 is 0. The molecule has 0 spiro atoms. The van der Waals surface area contributed by atoms with Gasteiger partial charge in [-0.15, -0.1) is 0 Å². The molecule has 0 aliphatic heterocycles. The molecule has 3 heterocycles. The van der Waals surface area contributed by atoms with Gasteiger partial charge < -0.3 is 9.30 Å². The van der Waals surface area contributed by atoms with E-state index in [1.54, 1.807) is 7.11 Å². The zero-order chi connectivity index (χ0) is 19.0. The Balaban J connectivity index is 2.14. The fourth-order valence-electron chi connectivity index (χ4n) is 3.54. The summed E-state index contributed by atoms with van der Waals surface area (Å²) in [5.41, 5.74) is 8.89. The van der Waals surface area contributed by atoms with Crippen LogP contribution in [0.1, 0.15) is 55.2 Å². The summed E-state index contributed by atoms with van der Waals surface area (Å²) in [6.45, 7) is 13.5. The number of nitrogens with zero attached hydrogens (tertiary/aromatic N) is 3. The van der Waals surface area contributed by atoms with Crippen molar-refractivity contribution in [1.29, 1.82) is 0 Å². The molecule has 0 amide bonds. The Morgan fingerprint density at radius 3 is 2.38 bits per heavy atom. The topological polar surface area (TPSA) is 39.9 Å². The minimum Gasteiger partial charge on any atom is -0.383 e. The zero-order valence-corrected chi connectivity index (χ0v) is 16.9. The summed E-state index contributed by atoms with van der Waals surface area (Å²) < 4.78 is 7.60. The van der Waals surface area contributed by atoms with Gasteiger partial charge in [0.15, 0.2) is 0 Å². The van der Waals surface area contributed by atoms with Gasteiger partial charge in [0.05, 0.1) is 29.4 Å². The van der Waals surface area contributed by atoms with Gasteiger partial charge in [0.1, 0.15) is 0 Å². The number of aromatic nitrogens is 3. The molecule has 0 aliphatic carbocycles. The molecule has 0 bridgehead atoms. The highest BCUT2D eigenvalue weighted by atomic mass is 16.5. The van der Waals surface area contributed by atoms with Gasteiger partial charge in [0.25, 0.3) is 0 Å². The van der Waals surface area contributed by atoms with Crippen LogP contribution in [-0.4, -0.2) is 28.3 Å². The Morgan fingerprint density at radius 2 is 1.77 bits per heavy atom. The van der Waals surface area contributed by atoms with E-state index in [0.29, 0.717) is 12.5 Å². The first-order valence-electron chi connectivity index (χ1n) is 9.29. The zero-order valence-electron chi connectivity index (χ0n) is 16.9. The Labute approximate surface area is 156 Å². The van der Waals surface area contributed by atoms with E-state index in [2.05, 4.69) is 70.5 Å². The third kappa shape index (κ3) is 3.26. The summed E-state index contributed by atoms with van der Waals surface area (Å²) in [4.78, 5) is 9.83. The van der Waals surface area contributed by atoms with Crippen LogP contribution in [0.3, 0.4) is 0 Å². The molecule has 4 heteroatoms. The van der Waals surface area contributed by atoms with Gasteiger partial charge in [-0.05, 0) is 62.9 Å². The van der Waals surface area contributed by atoms with Crippen LogP contribution in [0, 0.1) is 20.8 Å². The highest BCUT2D eigenvalue weighted by molar-refractivity contribution is 5.84. The lowest BCUT2D eigenvalue weighted by molar-refractivity contribution is 0.164. The van der Waals surface area contributed by atoms with Crippen molar-refractivity contribution in [3.63, 3.8) is 0 Å². The van der Waals surface area contributed by atoms with Crippen molar-refractivity contribution in [3.8, 4) is 11.3 Å². The molecule has 26 heavy (non-hydrogen) atoms. The minimum atomic E-state index is 0.275. The Hall–Kier alpha value is -2.20. The molecule has 0 fully saturated rings. The first-order valence-corrected chi connectivity index (χ1v) is 9.29. The average molecular weight is 351 g/mol. The monoisotopic (exact) mass is 351 g/mol. The van der Waals surface area contributed by atoms with Crippen LogP contribution in [0.4, 0.5) is 0 Å². The molecule has 1 atom stereocenters. The van der Waals surface area contributed by atoms with Gasteiger partial charge in [-0.2, -0.15) is 0 Å². The summed E-state index contributed by atoms with van der Waals surface area (Å²) in [5.74, 6) is 0.429. The molecule has 0 saturated heterocycles. The molecule has 3 aromatic heterocycles. The smallest absolute Gasteiger partial charge is 0.0917 e. The summed E-state index contributed by atoms with van der Waals surface area (Å²) in [7, 11) is 1.74. The van der Waals surface area contributed by atoms with Gasteiger partial charge in [-0.1, -0.05) is 13.8 Å². The second-order valence-electron chi connectivity index (χ2n) is 7.57. The average Bonchev–Trinajstić information content (AvgIpc) is 2.90. The lowest BCUT2D eigenvalue weighted by Crippen LogP contribution is -2.10. The Morgan fingerprint density at radius 1 is 1.04 bits per heavy atom. The van der Waals surface area contributed by atoms with E-state index in [-0.39, 0.29) is 6.04 Å². The standard InChI is InChI=1S/C22H29N3O/c1-13(2)19-9-8-18(17(6)23-19)21-14(3)10-20-22(24-21)15(4)11-25(20)16(5)12-26-7/h8-11,13,16H,12H2,1-7H3/t16-/m0/s1. The van der Waals surface area contributed by atoms with E-state index in [0.717, 1.165) is 33.7 Å². The third-order valence-electron chi connectivity index (χ3n) is 5.01. The summed E-state index contributed by atoms with van der Waals surface area (Å²) in [5, 5.41) is 0. The van der Waals surface area contributed by atoms with Crippen LogP contribution in [0.15, 0.2) is 24.4 Å². The van der Waals surface area contributed by atoms with E-state index in [1.165, 1.54) is 11.1 Å². The molecular weight excluding hydrogens is 322 g/mol. The molecule has 0 unspecified atom stereocenters. The Bertz CT molecular complexity index is 940. The van der Waals surface area contributed by atoms with Crippen molar-refractivity contribution in [3.05, 3.63) is 46.9 Å². The number of hydrogen-bond donors (Lipinski definition) is 0. The van der Waals surface area contributed by atoms with Crippen molar-refractivity contribution in [2.75, 3.05) is 13.7 Å². The largest absolute Gasteiger partial charge is 0.383 e. The molecule has 4 nitrogen and oxygen atoms in total. The van der Waals surface area contributed by atoms with Crippen LogP contribution < -0.4 is 0 Å². The molecule has 3 aromatic rings. The second kappa shape index (κ2) is 7.20. The molecular formula is C22H29N3O. The van der Waals surface area contributed by atoms with Gasteiger partial charge in [-0.3, -0.25) is 4.98 Å². The lowest BCUT2D eigenvalue weighted by Gasteiger charge is -2.15. The molecule has 0 radical (unpaired) electrons. The number of ether oxygens (including phenoxy) is 1. The van der Waals surface area contributed by atoms with Crippen molar-refractivity contribution < 1.29 is 4.74 Å². The predicted molar refractivity (Wildman–Crippen MR) is 108 cm³/mol. The van der Waals surface area contributed by atoms with E-state index in [4.69, 9.17) is 14.7 Å². The summed E-state index contributed by atoms with van der Waals surface area (Å²) in [6, 6.07) is 6.81. The first-order chi connectivity index (χ1) is 12.3. The number of rotatable bonds is 5. The van der Waals surface area contributed by atoms with Crippen molar-refractivity contribution in [1.82, 2.24) is 14.5 Å². The van der Waals surface area contributed by atoms with Crippen molar-refractivity contribution >= 4 is 11.0 Å². The SMILES string of the molecule is COC[C@H](C)n1cc(C)c2nc(-c3ccc(C(C)C)nc3C)c(C)cc21. The maximum atomic E-state index is 5.34. The van der Waals surface area contributed by atoms with Crippen LogP contribution in [0.25, 0.3) is 22.3 Å². The second-order valence-corrected chi connectivity index (χ2v) is 7.57. The quantitative estimate of drug-likeness (QED) is 0.622. The number of hydrogen-bond acceptors (Lipinski definition) is 3. The maximum Gasteiger partial charge on any atom is 0.0917 e. The number of pyridine rings is 2. The number of fused-ring (bicyclic) bond motifs is 1. The van der Waals surface area contributed by atoms with Crippen LogP contribution in [-0.2, 0) is 4.74 Å². The van der Waals surface area contributed by atoms with Gasteiger partial charge >= 0.3 is 0 Å². The van der Waals surface area contributed by atoms with Crippen LogP contribution in [0.2, 0.25) is 0 Å². The Kier molecular flexibility index (Phi) is 5.15. The van der Waals surface area contributed by atoms with E-state index >= 15 is 0 Å². The lowest BCUT2D eigenvalue weighted by atomic mass is 10.0. The number of aryl methyl sites for hydroxylation is 3. The van der Waals surface area contributed by atoms with E-state index in [9.17, 15) is 0 Å². The molecule has 138 valence electrons. The van der Waals surface area contributed by atoms with E-state index in [1.807, 2.05) is 0 Å². The van der Waals surface area contributed by atoms with E-state index < -0.39 is 0 Å². The highest BCUT2D eigenvalue weighted by Crippen LogP contribution is 2.31. The van der Waals surface area contributed by atoms with Gasteiger partial charge in [0.2, 0.25) is 0 Å². The third-order valence-corrected chi connectivity index (χ3v) is 5.01. The summed E-state index contributed by atoms with van der Waals surface area (Å²) in [6.07, 6.45) is 2.18. The van der Waals surface area contributed by atoms with Gasteiger partial charge in [0, 0.05) is 30.3 Å². The van der Waals surface area contributed by atoms with Crippen LogP contribution >= 0.6 is 0 Å². The maximum absolute atomic E-state index is 5.34. The van der Waals surface area contributed by atoms with Crippen molar-refractivity contribution in [2.24, 2.45) is 0 Å².